The van der Waals surface area contributed by atoms with Crippen LogP contribution >= 0.6 is 22.9 Å². The normalized spacial score (nSPS) is 21.5. The number of likely N-dealkylation sites (tertiary alicyclic amines) is 1. The zero-order valence-electron chi connectivity index (χ0n) is 11.9. The molecule has 1 aromatic heterocycles. The van der Waals surface area contributed by atoms with Gasteiger partial charge in [0.2, 0.25) is 0 Å². The Bertz CT molecular complexity index is 385. The van der Waals surface area contributed by atoms with Crippen LogP contribution in [0.1, 0.15) is 50.4 Å². The molecule has 2 unspecified atom stereocenters. The van der Waals surface area contributed by atoms with E-state index in [0.29, 0.717) is 6.04 Å². The largest absolute Gasteiger partial charge is 0.326 e. The number of hydrogen-bond donors (Lipinski definition) is 1. The van der Waals surface area contributed by atoms with Crippen LogP contribution in [0.15, 0.2) is 12.1 Å². The molecule has 2 rings (SSSR count). The molecule has 1 fully saturated rings. The van der Waals surface area contributed by atoms with E-state index in [1.54, 1.807) is 11.3 Å². The number of nitrogens with zero attached hydrogens (tertiary/aromatic N) is 1. The highest BCUT2D eigenvalue weighted by atomic mass is 35.5. The van der Waals surface area contributed by atoms with Gasteiger partial charge in [0.1, 0.15) is 0 Å². The van der Waals surface area contributed by atoms with Crippen molar-refractivity contribution in [2.75, 3.05) is 13.1 Å². The van der Waals surface area contributed by atoms with Crippen molar-refractivity contribution in [2.45, 2.75) is 51.6 Å². The van der Waals surface area contributed by atoms with E-state index in [-0.39, 0.29) is 6.04 Å². The minimum absolute atomic E-state index is 0.202. The number of hydrogen-bond acceptors (Lipinski definition) is 3. The van der Waals surface area contributed by atoms with Crippen molar-refractivity contribution in [1.29, 1.82) is 0 Å². The molecule has 1 saturated heterocycles. The zero-order chi connectivity index (χ0) is 13.8. The molecule has 108 valence electrons. The number of thiophene rings is 1. The first kappa shape index (κ1) is 15.3. The van der Waals surface area contributed by atoms with Gasteiger partial charge in [0.15, 0.2) is 0 Å². The van der Waals surface area contributed by atoms with Crippen molar-refractivity contribution in [3.63, 3.8) is 0 Å². The van der Waals surface area contributed by atoms with Gasteiger partial charge < -0.3 is 5.73 Å². The Morgan fingerprint density at radius 3 is 2.53 bits per heavy atom. The lowest BCUT2D eigenvalue weighted by molar-refractivity contribution is 0.115. The molecule has 2 N–H and O–H groups in total. The smallest absolute Gasteiger partial charge is 0.0931 e. The topological polar surface area (TPSA) is 29.3 Å². The van der Waals surface area contributed by atoms with Crippen LogP contribution < -0.4 is 5.73 Å². The first-order valence-electron chi connectivity index (χ1n) is 7.40. The van der Waals surface area contributed by atoms with E-state index in [2.05, 4.69) is 24.8 Å². The number of halogens is 1. The van der Waals surface area contributed by atoms with Gasteiger partial charge in [-0.15, -0.1) is 11.3 Å². The van der Waals surface area contributed by atoms with E-state index < -0.39 is 0 Å². The van der Waals surface area contributed by atoms with Gasteiger partial charge in [0.25, 0.3) is 0 Å². The summed E-state index contributed by atoms with van der Waals surface area (Å²) in [4.78, 5) is 3.90. The molecule has 0 radical (unpaired) electrons. The van der Waals surface area contributed by atoms with Gasteiger partial charge in [-0.3, -0.25) is 4.90 Å². The summed E-state index contributed by atoms with van der Waals surface area (Å²) in [5.41, 5.74) is 6.38. The van der Waals surface area contributed by atoms with Crippen LogP contribution in [0.25, 0.3) is 0 Å². The van der Waals surface area contributed by atoms with E-state index in [0.717, 1.165) is 16.7 Å². The van der Waals surface area contributed by atoms with Crippen LogP contribution in [-0.2, 0) is 0 Å². The van der Waals surface area contributed by atoms with Gasteiger partial charge >= 0.3 is 0 Å². The third-order valence-electron chi connectivity index (χ3n) is 4.38. The fraction of sp³-hybridized carbons (Fsp3) is 0.733. The molecule has 0 aliphatic carbocycles. The van der Waals surface area contributed by atoms with Crippen LogP contribution in [-0.4, -0.2) is 24.0 Å². The fourth-order valence-corrected chi connectivity index (χ4v) is 4.28. The average molecular weight is 301 g/mol. The molecule has 0 saturated carbocycles. The minimum Gasteiger partial charge on any atom is -0.326 e. The molecule has 2 heterocycles. The third kappa shape index (κ3) is 3.72. The van der Waals surface area contributed by atoms with E-state index >= 15 is 0 Å². The molecule has 0 spiro atoms. The predicted octanol–water partition coefficient (Wildman–Crippen LogP) is 4.30. The quantitative estimate of drug-likeness (QED) is 0.878. The van der Waals surface area contributed by atoms with Gasteiger partial charge in [-0.25, -0.2) is 0 Å². The summed E-state index contributed by atoms with van der Waals surface area (Å²) in [6, 6.07) is 4.70. The second-order valence-corrected chi connectivity index (χ2v) is 7.29. The van der Waals surface area contributed by atoms with Crippen molar-refractivity contribution in [2.24, 2.45) is 11.7 Å². The van der Waals surface area contributed by atoms with Crippen LogP contribution in [0.5, 0.6) is 0 Å². The lowest BCUT2D eigenvalue weighted by Gasteiger charge is -2.39. The summed E-state index contributed by atoms with van der Waals surface area (Å²) >= 11 is 7.78. The first-order valence-corrected chi connectivity index (χ1v) is 8.60. The standard InChI is InChI=1S/C15H25ClN2S/c1-3-11-7-9-18(10-8-11)15(12(17)4-2)13-5-6-14(16)19-13/h5-6,11-12,15H,3-4,7-10,17H2,1-2H3. The molecule has 0 bridgehead atoms. The zero-order valence-corrected chi connectivity index (χ0v) is 13.5. The van der Waals surface area contributed by atoms with Gasteiger partial charge in [0.05, 0.1) is 10.4 Å². The number of nitrogens with two attached hydrogens (primary N) is 1. The summed E-state index contributed by atoms with van der Waals surface area (Å²) in [6.07, 6.45) is 4.93. The van der Waals surface area contributed by atoms with Gasteiger partial charge in [-0.2, -0.15) is 0 Å². The van der Waals surface area contributed by atoms with E-state index in [1.165, 1.54) is 37.2 Å². The van der Waals surface area contributed by atoms with Gasteiger partial charge in [-0.05, 0) is 50.4 Å². The maximum atomic E-state index is 6.38. The van der Waals surface area contributed by atoms with Crippen molar-refractivity contribution in [1.82, 2.24) is 4.90 Å². The Kier molecular flexibility index (Phi) is 5.70. The highest BCUT2D eigenvalue weighted by molar-refractivity contribution is 7.16. The maximum Gasteiger partial charge on any atom is 0.0931 e. The molecule has 1 aliphatic rings. The Labute approximate surface area is 125 Å². The van der Waals surface area contributed by atoms with Gasteiger partial charge in [-0.1, -0.05) is 31.9 Å². The van der Waals surface area contributed by atoms with Crippen LogP contribution in [0, 0.1) is 5.92 Å². The van der Waals surface area contributed by atoms with Crippen LogP contribution in [0.3, 0.4) is 0 Å². The summed E-state index contributed by atoms with van der Waals surface area (Å²) in [7, 11) is 0. The molecule has 0 amide bonds. The van der Waals surface area contributed by atoms with E-state index in [1.807, 2.05) is 6.07 Å². The summed E-state index contributed by atoms with van der Waals surface area (Å²) in [5.74, 6) is 0.904. The molecule has 2 atom stereocenters. The molecule has 1 aliphatic heterocycles. The second kappa shape index (κ2) is 7.07. The molecule has 0 aromatic carbocycles. The Morgan fingerprint density at radius 2 is 2.05 bits per heavy atom. The molecule has 4 heteroatoms. The Morgan fingerprint density at radius 1 is 1.37 bits per heavy atom. The lowest BCUT2D eigenvalue weighted by atomic mass is 9.92. The molecule has 19 heavy (non-hydrogen) atoms. The fourth-order valence-electron chi connectivity index (χ4n) is 3.01. The summed E-state index contributed by atoms with van der Waals surface area (Å²) in [6.45, 7) is 6.82. The van der Waals surface area contributed by atoms with Crippen molar-refractivity contribution >= 4 is 22.9 Å². The third-order valence-corrected chi connectivity index (χ3v) is 5.68. The minimum atomic E-state index is 0.202. The van der Waals surface area contributed by atoms with Gasteiger partial charge in [0, 0.05) is 10.9 Å². The highest BCUT2D eigenvalue weighted by Gasteiger charge is 2.30. The van der Waals surface area contributed by atoms with Crippen molar-refractivity contribution in [3.05, 3.63) is 21.3 Å². The number of piperidine rings is 1. The summed E-state index contributed by atoms with van der Waals surface area (Å²) in [5, 5.41) is 0. The predicted molar refractivity (Wildman–Crippen MR) is 84.9 cm³/mol. The maximum absolute atomic E-state index is 6.38. The lowest BCUT2D eigenvalue weighted by Crippen LogP contribution is -2.44. The molecule has 1 aromatic rings. The average Bonchev–Trinajstić information content (AvgIpc) is 2.86. The molecular formula is C15H25ClN2S. The van der Waals surface area contributed by atoms with Crippen LogP contribution in [0.2, 0.25) is 4.34 Å². The molecular weight excluding hydrogens is 276 g/mol. The van der Waals surface area contributed by atoms with Crippen molar-refractivity contribution < 1.29 is 0 Å². The SMILES string of the molecule is CCC1CCN(C(c2ccc(Cl)s2)C(N)CC)CC1. The second-order valence-electron chi connectivity index (χ2n) is 5.55. The van der Waals surface area contributed by atoms with E-state index in [9.17, 15) is 0 Å². The number of rotatable bonds is 5. The Hall–Kier alpha value is -0.0900. The monoisotopic (exact) mass is 300 g/mol. The van der Waals surface area contributed by atoms with Crippen molar-refractivity contribution in [3.8, 4) is 0 Å². The Balaban J connectivity index is 2.10. The first-order chi connectivity index (χ1) is 9.15. The summed E-state index contributed by atoms with van der Waals surface area (Å²) < 4.78 is 0.867. The van der Waals surface area contributed by atoms with E-state index in [4.69, 9.17) is 17.3 Å². The highest BCUT2D eigenvalue weighted by Crippen LogP contribution is 2.35. The molecule has 2 nitrogen and oxygen atoms in total. The van der Waals surface area contributed by atoms with Crippen LogP contribution in [0.4, 0.5) is 0 Å².